The largest absolute Gasteiger partial charge is 0.465 e. The average Bonchev–Trinajstić information content (AvgIpc) is 2.50. The van der Waals surface area contributed by atoms with Crippen LogP contribution in [-0.2, 0) is 20.7 Å². The number of ether oxygens (including phenoxy) is 1. The lowest BCUT2D eigenvalue weighted by Gasteiger charge is -2.13. The van der Waals surface area contributed by atoms with Crippen LogP contribution in [0.1, 0.15) is 64.5 Å². The molecule has 0 aromatic heterocycles. The van der Waals surface area contributed by atoms with Gasteiger partial charge in [-0.25, -0.2) is 0 Å². The van der Waals surface area contributed by atoms with E-state index in [4.69, 9.17) is 4.74 Å². The van der Waals surface area contributed by atoms with Gasteiger partial charge in [0, 0.05) is 12.3 Å². The van der Waals surface area contributed by atoms with Crippen molar-refractivity contribution < 1.29 is 14.3 Å². The Morgan fingerprint density at radius 1 is 1.00 bits per heavy atom. The van der Waals surface area contributed by atoms with Crippen LogP contribution in [0.4, 0.5) is 0 Å². The fraction of sp³-hybridized carbons (Fsp3) is 0.600. The molecule has 0 amide bonds. The van der Waals surface area contributed by atoms with Gasteiger partial charge in [-0.3, -0.25) is 9.59 Å². The Bertz CT molecular complexity index is 500. The highest BCUT2D eigenvalue weighted by Gasteiger charge is 2.17. The molecule has 0 aliphatic heterocycles. The molecule has 0 radical (unpaired) electrons. The highest BCUT2D eigenvalue weighted by molar-refractivity contribution is 5.80. The Morgan fingerprint density at radius 3 is 2.13 bits per heavy atom. The van der Waals surface area contributed by atoms with Crippen LogP contribution in [0, 0.1) is 11.8 Å². The van der Waals surface area contributed by atoms with E-state index < -0.39 is 0 Å². The van der Waals surface area contributed by atoms with E-state index in [-0.39, 0.29) is 23.6 Å². The molecule has 0 N–H and O–H groups in total. The summed E-state index contributed by atoms with van der Waals surface area (Å²) < 4.78 is 5.29. The molecule has 1 atom stereocenters. The van der Waals surface area contributed by atoms with Crippen molar-refractivity contribution in [3.63, 3.8) is 0 Å². The summed E-state index contributed by atoms with van der Waals surface area (Å²) in [6, 6.07) is 8.18. The molecular formula is C20H30O3. The molecule has 0 aliphatic carbocycles. The van der Waals surface area contributed by atoms with Crippen molar-refractivity contribution >= 4 is 11.8 Å². The van der Waals surface area contributed by atoms with E-state index >= 15 is 0 Å². The van der Waals surface area contributed by atoms with Crippen LogP contribution in [0.3, 0.4) is 0 Å². The van der Waals surface area contributed by atoms with E-state index in [1.165, 1.54) is 5.56 Å². The summed E-state index contributed by atoms with van der Waals surface area (Å²) in [6.45, 7) is 10.3. The molecule has 0 heterocycles. The third kappa shape index (κ3) is 6.98. The van der Waals surface area contributed by atoms with Crippen molar-refractivity contribution in [1.29, 1.82) is 0 Å². The monoisotopic (exact) mass is 318 g/mol. The van der Waals surface area contributed by atoms with Gasteiger partial charge in [-0.05, 0) is 36.8 Å². The normalized spacial score (nSPS) is 12.5. The zero-order chi connectivity index (χ0) is 17.4. The van der Waals surface area contributed by atoms with E-state index in [0.29, 0.717) is 25.4 Å². The standard InChI is InChI=1S/C20H30O3/c1-14(2)13-17-8-10-18(11-9-17)16(5)20(22)23-12-6-7-19(21)15(3)4/h8-11,14-16H,6-7,12-13H2,1-5H3. The average molecular weight is 318 g/mol. The lowest BCUT2D eigenvalue weighted by molar-refractivity contribution is -0.145. The first-order valence-corrected chi connectivity index (χ1v) is 8.59. The van der Waals surface area contributed by atoms with Crippen molar-refractivity contribution in [3.8, 4) is 0 Å². The summed E-state index contributed by atoms with van der Waals surface area (Å²) in [5, 5.41) is 0. The molecule has 128 valence electrons. The van der Waals surface area contributed by atoms with E-state index in [9.17, 15) is 9.59 Å². The van der Waals surface area contributed by atoms with Crippen LogP contribution in [-0.4, -0.2) is 18.4 Å². The van der Waals surface area contributed by atoms with Crippen LogP contribution in [0.2, 0.25) is 0 Å². The first-order valence-electron chi connectivity index (χ1n) is 8.59. The second kappa shape index (κ2) is 9.49. The third-order valence-electron chi connectivity index (χ3n) is 3.93. The maximum Gasteiger partial charge on any atom is 0.313 e. The Kier molecular flexibility index (Phi) is 8.01. The Hall–Kier alpha value is -1.64. The molecule has 0 aliphatic rings. The van der Waals surface area contributed by atoms with E-state index in [2.05, 4.69) is 26.0 Å². The minimum Gasteiger partial charge on any atom is -0.465 e. The van der Waals surface area contributed by atoms with Gasteiger partial charge in [0.2, 0.25) is 0 Å². The number of carbonyl (C=O) groups excluding carboxylic acids is 2. The number of ketones is 1. The summed E-state index contributed by atoms with van der Waals surface area (Å²) >= 11 is 0. The lowest BCUT2D eigenvalue weighted by atomic mass is 9.97. The van der Waals surface area contributed by atoms with Crippen LogP contribution in [0.5, 0.6) is 0 Å². The van der Waals surface area contributed by atoms with Gasteiger partial charge in [-0.1, -0.05) is 52.0 Å². The summed E-state index contributed by atoms with van der Waals surface area (Å²) in [6.07, 6.45) is 2.12. The Morgan fingerprint density at radius 2 is 1.61 bits per heavy atom. The molecule has 0 fully saturated rings. The number of benzene rings is 1. The topological polar surface area (TPSA) is 43.4 Å². The van der Waals surface area contributed by atoms with Gasteiger partial charge < -0.3 is 4.74 Å². The molecule has 0 saturated heterocycles. The number of Topliss-reactive ketones (excluding diaryl/α,β-unsaturated/α-hetero) is 1. The van der Waals surface area contributed by atoms with Crippen LogP contribution >= 0.6 is 0 Å². The molecule has 0 spiro atoms. The van der Waals surface area contributed by atoms with Crippen molar-refractivity contribution in [2.24, 2.45) is 11.8 Å². The first kappa shape index (κ1) is 19.4. The molecule has 3 heteroatoms. The summed E-state index contributed by atoms with van der Waals surface area (Å²) in [5.41, 5.74) is 2.26. The number of esters is 1. The number of hydrogen-bond donors (Lipinski definition) is 0. The summed E-state index contributed by atoms with van der Waals surface area (Å²) in [4.78, 5) is 23.6. The molecule has 23 heavy (non-hydrogen) atoms. The second-order valence-corrected chi connectivity index (χ2v) is 6.95. The van der Waals surface area contributed by atoms with Crippen LogP contribution < -0.4 is 0 Å². The van der Waals surface area contributed by atoms with Gasteiger partial charge >= 0.3 is 5.97 Å². The second-order valence-electron chi connectivity index (χ2n) is 6.95. The molecule has 1 unspecified atom stereocenters. The zero-order valence-corrected chi connectivity index (χ0v) is 15.1. The first-order chi connectivity index (χ1) is 10.8. The van der Waals surface area contributed by atoms with Crippen molar-refractivity contribution in [1.82, 2.24) is 0 Å². The summed E-state index contributed by atoms with van der Waals surface area (Å²) in [7, 11) is 0. The minimum atomic E-state index is -0.274. The third-order valence-corrected chi connectivity index (χ3v) is 3.93. The van der Waals surface area contributed by atoms with Gasteiger partial charge in [0.15, 0.2) is 0 Å². The van der Waals surface area contributed by atoms with Crippen molar-refractivity contribution in [3.05, 3.63) is 35.4 Å². The Balaban J connectivity index is 2.42. The maximum absolute atomic E-state index is 12.1. The van der Waals surface area contributed by atoms with Gasteiger partial charge in [0.1, 0.15) is 5.78 Å². The van der Waals surface area contributed by atoms with E-state index in [1.54, 1.807) is 0 Å². The molecule has 1 rings (SSSR count). The summed E-state index contributed by atoms with van der Waals surface area (Å²) in [5.74, 6) is 0.392. The van der Waals surface area contributed by atoms with Gasteiger partial charge in [0.05, 0.1) is 12.5 Å². The minimum absolute atomic E-state index is 0.0500. The number of hydrogen-bond acceptors (Lipinski definition) is 3. The fourth-order valence-corrected chi connectivity index (χ4v) is 2.38. The molecule has 1 aromatic rings. The van der Waals surface area contributed by atoms with Gasteiger partial charge in [-0.15, -0.1) is 0 Å². The predicted octanol–water partition coefficient (Wildman–Crippen LogP) is 4.54. The number of rotatable bonds is 9. The fourth-order valence-electron chi connectivity index (χ4n) is 2.38. The van der Waals surface area contributed by atoms with Gasteiger partial charge in [0.25, 0.3) is 0 Å². The van der Waals surface area contributed by atoms with Crippen LogP contribution in [0.15, 0.2) is 24.3 Å². The molecule has 0 saturated carbocycles. The Labute approximate surface area is 140 Å². The van der Waals surface area contributed by atoms with E-state index in [0.717, 1.165) is 12.0 Å². The highest BCUT2D eigenvalue weighted by atomic mass is 16.5. The molecule has 0 bridgehead atoms. The molecule has 3 nitrogen and oxygen atoms in total. The lowest BCUT2D eigenvalue weighted by Crippen LogP contribution is -2.15. The van der Waals surface area contributed by atoms with Gasteiger partial charge in [-0.2, -0.15) is 0 Å². The smallest absolute Gasteiger partial charge is 0.313 e. The maximum atomic E-state index is 12.1. The zero-order valence-electron chi connectivity index (χ0n) is 15.1. The van der Waals surface area contributed by atoms with Crippen molar-refractivity contribution in [2.45, 2.75) is 59.8 Å². The predicted molar refractivity (Wildman–Crippen MR) is 93.4 cm³/mol. The number of carbonyl (C=O) groups is 2. The molecular weight excluding hydrogens is 288 g/mol. The quantitative estimate of drug-likeness (QED) is 0.496. The van der Waals surface area contributed by atoms with E-state index in [1.807, 2.05) is 32.9 Å². The van der Waals surface area contributed by atoms with Crippen LogP contribution in [0.25, 0.3) is 0 Å². The SMILES string of the molecule is CC(C)Cc1ccc(C(C)C(=O)OCCCC(=O)C(C)C)cc1. The molecule has 1 aromatic carbocycles. The van der Waals surface area contributed by atoms with Crippen molar-refractivity contribution in [2.75, 3.05) is 6.61 Å². The highest BCUT2D eigenvalue weighted by Crippen LogP contribution is 2.19.